The molecule has 0 aliphatic carbocycles. The Labute approximate surface area is 95.8 Å². The van der Waals surface area contributed by atoms with Crippen LogP contribution in [0.4, 0.5) is 5.95 Å². The first-order valence-electron chi connectivity index (χ1n) is 4.93. The number of rotatable bonds is 3. The number of hydrogen-bond donors (Lipinski definition) is 0. The van der Waals surface area contributed by atoms with Crippen LogP contribution in [0.25, 0.3) is 5.52 Å². The van der Waals surface area contributed by atoms with E-state index in [0.29, 0.717) is 5.52 Å². The lowest BCUT2D eigenvalue weighted by Gasteiger charge is -1.94. The summed E-state index contributed by atoms with van der Waals surface area (Å²) in [6.07, 6.45) is 1.48. The Bertz CT molecular complexity index is 590. The molecule has 0 aliphatic heterocycles. The minimum absolute atomic E-state index is 0.0425. The second-order valence-corrected chi connectivity index (χ2v) is 3.19. The van der Waals surface area contributed by atoms with E-state index in [-0.39, 0.29) is 12.3 Å². The van der Waals surface area contributed by atoms with Gasteiger partial charge in [-0.2, -0.15) is 4.40 Å². The summed E-state index contributed by atoms with van der Waals surface area (Å²) in [7, 11) is 0. The molecule has 0 bridgehead atoms. The first-order chi connectivity index (χ1) is 8.15. The van der Waals surface area contributed by atoms with E-state index in [0.717, 1.165) is 0 Å². The van der Waals surface area contributed by atoms with Gasteiger partial charge in [0.1, 0.15) is 0 Å². The third-order valence-electron chi connectivity index (χ3n) is 2.16. The second kappa shape index (κ2) is 4.20. The van der Waals surface area contributed by atoms with Crippen LogP contribution in [0, 0.1) is 10.1 Å². The van der Waals surface area contributed by atoms with Crippen LogP contribution >= 0.6 is 0 Å². The number of carbonyl (C=O) groups excluding carboxylic acids is 1. The minimum Gasteiger partial charge on any atom is -0.460 e. The van der Waals surface area contributed by atoms with Gasteiger partial charge < -0.3 is 14.9 Å². The van der Waals surface area contributed by atoms with Crippen molar-refractivity contribution in [1.29, 1.82) is 0 Å². The van der Waals surface area contributed by atoms with Crippen molar-refractivity contribution in [2.45, 2.75) is 6.92 Å². The number of fused-ring (bicyclic) bond motifs is 1. The number of pyridine rings is 1. The fourth-order valence-corrected chi connectivity index (χ4v) is 1.50. The molecule has 0 radical (unpaired) electrons. The monoisotopic (exact) mass is 235 g/mol. The van der Waals surface area contributed by atoms with Gasteiger partial charge in [0.15, 0.2) is 5.52 Å². The van der Waals surface area contributed by atoms with E-state index in [1.165, 1.54) is 10.6 Å². The van der Waals surface area contributed by atoms with Gasteiger partial charge in [-0.1, -0.05) is 11.1 Å². The van der Waals surface area contributed by atoms with Crippen molar-refractivity contribution < 1.29 is 14.5 Å². The molecular formula is C10H9N3O4. The standard InChI is InChI=1S/C10H9N3O4/c1-2-17-9(14)8-7-5-3-4-6-12(7)10(11-8)13(15)16/h3-6H,2H2,1H3. The third-order valence-corrected chi connectivity index (χ3v) is 2.16. The van der Waals surface area contributed by atoms with E-state index in [4.69, 9.17) is 4.74 Å². The van der Waals surface area contributed by atoms with Crippen molar-refractivity contribution in [2.75, 3.05) is 6.61 Å². The normalized spacial score (nSPS) is 10.4. The Morgan fingerprint density at radius 3 is 3.00 bits per heavy atom. The van der Waals surface area contributed by atoms with Gasteiger partial charge >= 0.3 is 11.9 Å². The minimum atomic E-state index is -0.663. The highest BCUT2D eigenvalue weighted by molar-refractivity contribution is 5.95. The Balaban J connectivity index is 2.64. The molecule has 0 atom stereocenters. The van der Waals surface area contributed by atoms with Crippen LogP contribution in [-0.4, -0.2) is 26.9 Å². The number of nitrogens with zero attached hydrogens (tertiary/aromatic N) is 3. The van der Waals surface area contributed by atoms with E-state index in [1.807, 2.05) is 0 Å². The molecule has 2 aromatic heterocycles. The summed E-state index contributed by atoms with van der Waals surface area (Å²) in [6.45, 7) is 1.85. The summed E-state index contributed by atoms with van der Waals surface area (Å²) in [5.74, 6) is -1.06. The maximum absolute atomic E-state index is 11.6. The zero-order valence-electron chi connectivity index (χ0n) is 8.99. The molecule has 17 heavy (non-hydrogen) atoms. The molecule has 0 saturated carbocycles. The highest BCUT2D eigenvalue weighted by atomic mass is 16.6. The van der Waals surface area contributed by atoms with Crippen LogP contribution in [0.2, 0.25) is 0 Å². The Morgan fingerprint density at radius 1 is 1.59 bits per heavy atom. The average molecular weight is 235 g/mol. The maximum Gasteiger partial charge on any atom is 0.440 e. The first kappa shape index (κ1) is 11.1. The molecule has 0 saturated heterocycles. The lowest BCUT2D eigenvalue weighted by atomic mass is 10.3. The zero-order chi connectivity index (χ0) is 12.4. The van der Waals surface area contributed by atoms with Crippen molar-refractivity contribution >= 4 is 17.4 Å². The highest BCUT2D eigenvalue weighted by Crippen LogP contribution is 2.18. The molecule has 88 valence electrons. The predicted molar refractivity (Wildman–Crippen MR) is 57.8 cm³/mol. The Kier molecular flexibility index (Phi) is 2.73. The van der Waals surface area contributed by atoms with Crippen LogP contribution < -0.4 is 0 Å². The van der Waals surface area contributed by atoms with Gasteiger partial charge in [0.2, 0.25) is 0 Å². The Hall–Kier alpha value is -2.44. The molecule has 0 aliphatic rings. The molecule has 2 aromatic rings. The fourth-order valence-electron chi connectivity index (χ4n) is 1.50. The van der Waals surface area contributed by atoms with Crippen LogP contribution in [0.15, 0.2) is 24.4 Å². The second-order valence-electron chi connectivity index (χ2n) is 3.19. The van der Waals surface area contributed by atoms with Crippen molar-refractivity contribution in [3.63, 3.8) is 0 Å². The fraction of sp³-hybridized carbons (Fsp3) is 0.200. The van der Waals surface area contributed by atoms with Gasteiger partial charge in [0.25, 0.3) is 5.69 Å². The van der Waals surface area contributed by atoms with Gasteiger partial charge in [-0.15, -0.1) is 0 Å². The van der Waals surface area contributed by atoms with Crippen LogP contribution in [0.5, 0.6) is 0 Å². The molecule has 2 heterocycles. The van der Waals surface area contributed by atoms with Gasteiger partial charge in [-0.05, 0) is 24.0 Å². The van der Waals surface area contributed by atoms with E-state index >= 15 is 0 Å². The third kappa shape index (κ3) is 1.82. The van der Waals surface area contributed by atoms with Gasteiger partial charge in [-0.25, -0.2) is 4.79 Å². The summed E-state index contributed by atoms with van der Waals surface area (Å²) in [5, 5.41) is 10.8. The van der Waals surface area contributed by atoms with Crippen LogP contribution in [-0.2, 0) is 4.74 Å². The topological polar surface area (TPSA) is 86.7 Å². The number of imidazole rings is 1. The van der Waals surface area contributed by atoms with E-state index in [1.54, 1.807) is 25.1 Å². The summed E-state index contributed by atoms with van der Waals surface area (Å²) in [5.41, 5.74) is 0.316. The maximum atomic E-state index is 11.6. The zero-order valence-corrected chi connectivity index (χ0v) is 8.99. The van der Waals surface area contributed by atoms with E-state index < -0.39 is 16.8 Å². The number of carbonyl (C=O) groups is 1. The molecular weight excluding hydrogens is 226 g/mol. The molecule has 0 unspecified atom stereocenters. The van der Waals surface area contributed by atoms with Crippen molar-refractivity contribution in [2.24, 2.45) is 0 Å². The summed E-state index contributed by atoms with van der Waals surface area (Å²) >= 11 is 0. The number of hydrogen-bond acceptors (Lipinski definition) is 5. The molecule has 2 rings (SSSR count). The quantitative estimate of drug-likeness (QED) is 0.456. The van der Waals surface area contributed by atoms with E-state index in [9.17, 15) is 14.9 Å². The van der Waals surface area contributed by atoms with Crippen LogP contribution in [0.1, 0.15) is 17.4 Å². The first-order valence-corrected chi connectivity index (χ1v) is 4.93. The summed E-state index contributed by atoms with van der Waals surface area (Å²) < 4.78 is 6.03. The smallest absolute Gasteiger partial charge is 0.440 e. The Morgan fingerprint density at radius 2 is 2.35 bits per heavy atom. The molecule has 7 heteroatoms. The molecule has 0 aromatic carbocycles. The largest absolute Gasteiger partial charge is 0.460 e. The lowest BCUT2D eigenvalue weighted by molar-refractivity contribution is -0.394. The number of ether oxygens (including phenoxy) is 1. The molecule has 0 N–H and O–H groups in total. The van der Waals surface area contributed by atoms with Crippen molar-refractivity contribution in [3.05, 3.63) is 40.2 Å². The van der Waals surface area contributed by atoms with E-state index in [2.05, 4.69) is 4.98 Å². The highest BCUT2D eigenvalue weighted by Gasteiger charge is 2.27. The van der Waals surface area contributed by atoms with Gasteiger partial charge in [-0.3, -0.25) is 0 Å². The van der Waals surface area contributed by atoms with Gasteiger partial charge in [0.05, 0.1) is 12.8 Å². The van der Waals surface area contributed by atoms with Crippen molar-refractivity contribution in [3.8, 4) is 0 Å². The molecule has 0 fully saturated rings. The number of aromatic nitrogens is 2. The lowest BCUT2D eigenvalue weighted by Crippen LogP contribution is -2.05. The van der Waals surface area contributed by atoms with Crippen molar-refractivity contribution in [1.82, 2.24) is 9.38 Å². The summed E-state index contributed by atoms with van der Waals surface area (Å²) in [4.78, 5) is 25.4. The summed E-state index contributed by atoms with van der Waals surface area (Å²) in [6, 6.07) is 4.87. The molecule has 0 amide bonds. The van der Waals surface area contributed by atoms with Crippen LogP contribution in [0.3, 0.4) is 0 Å². The average Bonchev–Trinajstić information content (AvgIpc) is 2.69. The number of esters is 1. The molecule has 0 spiro atoms. The molecule has 7 nitrogen and oxygen atoms in total. The predicted octanol–water partition coefficient (Wildman–Crippen LogP) is 1.42. The number of nitro groups is 1. The SMILES string of the molecule is CCOC(=O)c1nc([N+](=O)[O-])n2ccccc12. The van der Waals surface area contributed by atoms with Gasteiger partial charge in [0, 0.05) is 0 Å².